The molecule has 34 heavy (non-hydrogen) atoms. The average Bonchev–Trinajstić information content (AvgIpc) is 2.81. The third-order valence-corrected chi connectivity index (χ3v) is 7.15. The van der Waals surface area contributed by atoms with E-state index in [1.54, 1.807) is 0 Å². The molecule has 0 radical (unpaired) electrons. The second kappa shape index (κ2) is 27.0. The number of aliphatic carboxylic acids is 1. The van der Waals surface area contributed by atoms with Gasteiger partial charge >= 0.3 is 5.97 Å². The Morgan fingerprint density at radius 3 is 1.09 bits per heavy atom. The van der Waals surface area contributed by atoms with Gasteiger partial charge in [-0.3, -0.25) is 4.79 Å². The maximum Gasteiger partial charge on any atom is 0.303 e. The van der Waals surface area contributed by atoms with Gasteiger partial charge in [0.1, 0.15) is 0 Å². The highest BCUT2D eigenvalue weighted by molar-refractivity contribution is 5.66. The second-order valence-electron chi connectivity index (χ2n) is 10.7. The first-order chi connectivity index (χ1) is 16.6. The molecule has 0 rings (SSSR count). The normalized spacial score (nSPS) is 13.3. The van der Waals surface area contributed by atoms with Crippen LogP contribution in [0.1, 0.15) is 174 Å². The van der Waals surface area contributed by atoms with Crippen LogP contribution < -0.4 is 0 Å². The molecule has 0 bridgehead atoms. The summed E-state index contributed by atoms with van der Waals surface area (Å²) in [5.74, 6) is -0.680. The summed E-state index contributed by atoms with van der Waals surface area (Å²) in [6.45, 7) is 2.27. The summed E-state index contributed by atoms with van der Waals surface area (Å²) in [6, 6.07) is 0. The van der Waals surface area contributed by atoms with Crippen molar-refractivity contribution in [2.45, 2.75) is 186 Å². The summed E-state index contributed by atoms with van der Waals surface area (Å²) in [5.41, 5.74) is 0. The van der Waals surface area contributed by atoms with Crippen LogP contribution in [-0.2, 0) is 4.79 Å². The SMILES string of the molecule is CCCCCCCCCCCCCC(O)CCC(O)CCCCCCCCCCCCC(=O)O. The fourth-order valence-electron chi connectivity index (χ4n) is 4.79. The molecular formula is C30H60O4. The van der Waals surface area contributed by atoms with Crippen molar-refractivity contribution >= 4 is 5.97 Å². The van der Waals surface area contributed by atoms with Crippen molar-refractivity contribution in [1.82, 2.24) is 0 Å². The zero-order chi connectivity index (χ0) is 25.1. The number of hydrogen-bond donors (Lipinski definition) is 3. The first kappa shape index (κ1) is 33.4. The molecule has 0 amide bonds. The molecule has 2 unspecified atom stereocenters. The molecule has 0 aromatic carbocycles. The van der Waals surface area contributed by atoms with Crippen molar-refractivity contribution in [2.24, 2.45) is 0 Å². The van der Waals surface area contributed by atoms with Crippen molar-refractivity contribution in [3.63, 3.8) is 0 Å². The van der Waals surface area contributed by atoms with Crippen molar-refractivity contribution in [3.8, 4) is 0 Å². The highest BCUT2D eigenvalue weighted by atomic mass is 16.4. The second-order valence-corrected chi connectivity index (χ2v) is 10.7. The third-order valence-electron chi connectivity index (χ3n) is 7.15. The molecule has 0 aliphatic heterocycles. The number of aliphatic hydroxyl groups is 2. The monoisotopic (exact) mass is 484 g/mol. The maximum absolute atomic E-state index is 10.4. The first-order valence-corrected chi connectivity index (χ1v) is 15.1. The van der Waals surface area contributed by atoms with Crippen LogP contribution in [0.25, 0.3) is 0 Å². The largest absolute Gasteiger partial charge is 0.481 e. The first-order valence-electron chi connectivity index (χ1n) is 15.1. The van der Waals surface area contributed by atoms with Gasteiger partial charge in [-0.15, -0.1) is 0 Å². The minimum atomic E-state index is -0.680. The van der Waals surface area contributed by atoms with E-state index in [2.05, 4.69) is 6.92 Å². The molecule has 0 aliphatic rings. The number of carbonyl (C=O) groups is 1. The Morgan fingerprint density at radius 2 is 0.765 bits per heavy atom. The Hall–Kier alpha value is -0.610. The fraction of sp³-hybridized carbons (Fsp3) is 0.967. The van der Waals surface area contributed by atoms with Gasteiger partial charge in [-0.2, -0.15) is 0 Å². The van der Waals surface area contributed by atoms with E-state index >= 15 is 0 Å². The van der Waals surface area contributed by atoms with Crippen LogP contribution in [0.3, 0.4) is 0 Å². The Labute approximate surface area is 212 Å². The van der Waals surface area contributed by atoms with Gasteiger partial charge in [0.2, 0.25) is 0 Å². The van der Waals surface area contributed by atoms with Crippen molar-refractivity contribution in [1.29, 1.82) is 0 Å². The van der Waals surface area contributed by atoms with Gasteiger partial charge in [-0.1, -0.05) is 135 Å². The number of rotatable bonds is 28. The van der Waals surface area contributed by atoms with Crippen LogP contribution in [0.5, 0.6) is 0 Å². The van der Waals surface area contributed by atoms with Gasteiger partial charge < -0.3 is 15.3 Å². The number of carboxylic acid groups (broad SMARTS) is 1. The molecule has 3 N–H and O–H groups in total. The standard InChI is InChI=1S/C30H60O4/c1-2-3-4-5-6-7-8-11-14-17-20-23-28(31)26-27-29(32)24-21-18-15-12-9-10-13-16-19-22-25-30(33)34/h28-29,31-32H,2-27H2,1H3,(H,33,34). The maximum atomic E-state index is 10.4. The van der Waals surface area contributed by atoms with Crippen LogP contribution >= 0.6 is 0 Å². The number of unbranched alkanes of at least 4 members (excludes halogenated alkanes) is 19. The molecule has 0 spiro atoms. The van der Waals surface area contributed by atoms with E-state index < -0.39 is 5.97 Å². The van der Waals surface area contributed by atoms with Crippen molar-refractivity contribution in [3.05, 3.63) is 0 Å². The third kappa shape index (κ3) is 27.6. The van der Waals surface area contributed by atoms with Gasteiger partial charge in [-0.25, -0.2) is 0 Å². The molecule has 4 nitrogen and oxygen atoms in total. The molecule has 0 fully saturated rings. The number of carboxylic acids is 1. The lowest BCUT2D eigenvalue weighted by Gasteiger charge is -2.14. The molecule has 0 aliphatic carbocycles. The average molecular weight is 485 g/mol. The molecule has 0 heterocycles. The molecule has 204 valence electrons. The molecule has 0 saturated heterocycles. The number of hydrogen-bond acceptors (Lipinski definition) is 3. The van der Waals surface area contributed by atoms with Gasteiger partial charge in [0.15, 0.2) is 0 Å². The lowest BCUT2D eigenvalue weighted by Crippen LogP contribution is -2.13. The fourth-order valence-corrected chi connectivity index (χ4v) is 4.79. The predicted molar refractivity (Wildman–Crippen MR) is 145 cm³/mol. The van der Waals surface area contributed by atoms with E-state index in [1.165, 1.54) is 103 Å². The quantitative estimate of drug-likeness (QED) is 0.0968. The van der Waals surface area contributed by atoms with E-state index in [-0.39, 0.29) is 12.2 Å². The zero-order valence-corrected chi connectivity index (χ0v) is 22.8. The highest BCUT2D eigenvalue weighted by Gasteiger charge is 2.09. The minimum Gasteiger partial charge on any atom is -0.481 e. The molecule has 2 atom stereocenters. The predicted octanol–water partition coefficient (Wildman–Crippen LogP) is 8.96. The van der Waals surface area contributed by atoms with E-state index in [9.17, 15) is 15.0 Å². The summed E-state index contributed by atoms with van der Waals surface area (Å²) >= 11 is 0. The van der Waals surface area contributed by atoms with Gasteiger partial charge in [0, 0.05) is 6.42 Å². The molecule has 0 saturated carbocycles. The van der Waals surface area contributed by atoms with Gasteiger partial charge in [-0.05, 0) is 32.1 Å². The van der Waals surface area contributed by atoms with Crippen LogP contribution in [0, 0.1) is 0 Å². The van der Waals surface area contributed by atoms with Crippen LogP contribution in [-0.4, -0.2) is 33.5 Å². The molecule has 4 heteroatoms. The topological polar surface area (TPSA) is 77.8 Å². The Morgan fingerprint density at radius 1 is 0.471 bits per heavy atom. The summed E-state index contributed by atoms with van der Waals surface area (Å²) in [7, 11) is 0. The van der Waals surface area contributed by atoms with Gasteiger partial charge in [0.25, 0.3) is 0 Å². The summed E-state index contributed by atoms with van der Waals surface area (Å²) in [4.78, 5) is 10.4. The highest BCUT2D eigenvalue weighted by Crippen LogP contribution is 2.17. The van der Waals surface area contributed by atoms with E-state index in [0.29, 0.717) is 6.42 Å². The Balaban J connectivity index is 3.29. The molecular weight excluding hydrogens is 424 g/mol. The van der Waals surface area contributed by atoms with Gasteiger partial charge in [0.05, 0.1) is 12.2 Å². The smallest absolute Gasteiger partial charge is 0.303 e. The van der Waals surface area contributed by atoms with Crippen molar-refractivity contribution in [2.75, 3.05) is 0 Å². The zero-order valence-electron chi connectivity index (χ0n) is 22.8. The van der Waals surface area contributed by atoms with E-state index in [1.807, 2.05) is 0 Å². The van der Waals surface area contributed by atoms with E-state index in [0.717, 1.165) is 57.8 Å². The summed E-state index contributed by atoms with van der Waals surface area (Å²) in [5, 5.41) is 29.0. The van der Waals surface area contributed by atoms with Crippen LogP contribution in [0.4, 0.5) is 0 Å². The summed E-state index contributed by atoms with van der Waals surface area (Å²) in [6.07, 6.45) is 29.3. The van der Waals surface area contributed by atoms with E-state index in [4.69, 9.17) is 5.11 Å². The molecule has 0 aromatic heterocycles. The Kier molecular flexibility index (Phi) is 26.5. The lowest BCUT2D eigenvalue weighted by atomic mass is 9.99. The van der Waals surface area contributed by atoms with Crippen LogP contribution in [0.2, 0.25) is 0 Å². The molecule has 0 aromatic rings. The lowest BCUT2D eigenvalue weighted by molar-refractivity contribution is -0.137. The minimum absolute atomic E-state index is 0.239. The van der Waals surface area contributed by atoms with Crippen LogP contribution in [0.15, 0.2) is 0 Å². The van der Waals surface area contributed by atoms with Crippen molar-refractivity contribution < 1.29 is 20.1 Å². The number of aliphatic hydroxyl groups excluding tert-OH is 2. The Bertz CT molecular complexity index is 413. The summed E-state index contributed by atoms with van der Waals surface area (Å²) < 4.78 is 0.